The van der Waals surface area contributed by atoms with E-state index >= 15 is 0 Å². The zero-order valence-corrected chi connectivity index (χ0v) is 14.3. The van der Waals surface area contributed by atoms with E-state index < -0.39 is 5.97 Å². The molecule has 1 saturated heterocycles. The average Bonchev–Trinajstić information content (AvgIpc) is 2.85. The minimum absolute atomic E-state index is 0.0360. The fraction of sp³-hybridized carbons (Fsp3) is 0.300. The number of nitrogens with zero attached hydrogens (tertiary/aromatic N) is 2. The van der Waals surface area contributed by atoms with Crippen molar-refractivity contribution in [3.05, 3.63) is 59.7 Å². The van der Waals surface area contributed by atoms with Crippen molar-refractivity contribution in [1.82, 2.24) is 9.80 Å². The molecule has 5 nitrogen and oxygen atoms in total. The molecular weight excluding hydrogens is 316 g/mol. The molecule has 0 aliphatic carbocycles. The summed E-state index contributed by atoms with van der Waals surface area (Å²) in [5.41, 5.74) is 2.01. The van der Waals surface area contributed by atoms with E-state index in [-0.39, 0.29) is 11.5 Å². The molecule has 5 heteroatoms. The Morgan fingerprint density at radius 1 is 0.840 bits per heavy atom. The third kappa shape index (κ3) is 3.72. The van der Waals surface area contributed by atoms with Crippen LogP contribution in [0.2, 0.25) is 0 Å². The van der Waals surface area contributed by atoms with Crippen LogP contribution in [0.4, 0.5) is 0 Å². The number of carboxylic acid groups (broad SMARTS) is 1. The molecule has 1 aliphatic rings. The predicted octanol–water partition coefficient (Wildman–Crippen LogP) is 2.83. The first-order valence-electron chi connectivity index (χ1n) is 8.47. The molecule has 2 aromatic rings. The lowest BCUT2D eigenvalue weighted by molar-refractivity contribution is 0.0696. The van der Waals surface area contributed by atoms with Crippen LogP contribution in [0.25, 0.3) is 11.1 Å². The average molecular weight is 338 g/mol. The Kier molecular flexibility index (Phi) is 5.14. The van der Waals surface area contributed by atoms with E-state index in [2.05, 4.69) is 11.9 Å². The lowest BCUT2D eigenvalue weighted by atomic mass is 9.94. The Hall–Kier alpha value is -2.66. The molecule has 1 amide bonds. The van der Waals surface area contributed by atoms with Gasteiger partial charge in [-0.05, 0) is 43.3 Å². The minimum Gasteiger partial charge on any atom is -0.478 e. The van der Waals surface area contributed by atoms with Crippen LogP contribution < -0.4 is 0 Å². The molecule has 3 rings (SSSR count). The zero-order chi connectivity index (χ0) is 17.8. The van der Waals surface area contributed by atoms with Gasteiger partial charge in [0.15, 0.2) is 0 Å². The van der Waals surface area contributed by atoms with Crippen molar-refractivity contribution in [2.24, 2.45) is 0 Å². The third-order valence-electron chi connectivity index (χ3n) is 4.61. The maximum absolute atomic E-state index is 13.1. The van der Waals surface area contributed by atoms with Crippen molar-refractivity contribution in [3.8, 4) is 11.1 Å². The van der Waals surface area contributed by atoms with Crippen molar-refractivity contribution in [3.63, 3.8) is 0 Å². The Labute approximate surface area is 147 Å². The summed E-state index contributed by atoms with van der Waals surface area (Å²) in [6, 6.07) is 14.1. The summed E-state index contributed by atoms with van der Waals surface area (Å²) < 4.78 is 0. The number of carbonyl (C=O) groups excluding carboxylic acids is 1. The first kappa shape index (κ1) is 17.2. The smallest absolute Gasteiger partial charge is 0.336 e. The summed E-state index contributed by atoms with van der Waals surface area (Å²) in [4.78, 5) is 28.7. The van der Waals surface area contributed by atoms with Gasteiger partial charge in [0.25, 0.3) is 5.91 Å². The topological polar surface area (TPSA) is 60.9 Å². The summed E-state index contributed by atoms with van der Waals surface area (Å²) in [7, 11) is 2.06. The molecular formula is C20H22N2O3. The molecule has 1 fully saturated rings. The normalized spacial score (nSPS) is 15.6. The third-order valence-corrected chi connectivity index (χ3v) is 4.61. The summed E-state index contributed by atoms with van der Waals surface area (Å²) in [5, 5.41) is 9.47. The predicted molar refractivity (Wildman–Crippen MR) is 96.9 cm³/mol. The van der Waals surface area contributed by atoms with Gasteiger partial charge in [-0.2, -0.15) is 0 Å². The molecule has 2 aromatic carbocycles. The van der Waals surface area contributed by atoms with Crippen molar-refractivity contribution in [1.29, 1.82) is 0 Å². The van der Waals surface area contributed by atoms with Crippen molar-refractivity contribution in [2.75, 3.05) is 33.2 Å². The summed E-state index contributed by atoms with van der Waals surface area (Å²) in [5.74, 6) is -1.03. The van der Waals surface area contributed by atoms with Gasteiger partial charge < -0.3 is 14.9 Å². The van der Waals surface area contributed by atoms with E-state index in [1.165, 1.54) is 0 Å². The van der Waals surface area contributed by atoms with Gasteiger partial charge in [0.2, 0.25) is 0 Å². The number of carbonyl (C=O) groups is 2. The molecule has 1 N–H and O–H groups in total. The van der Waals surface area contributed by atoms with Crippen LogP contribution in [0, 0.1) is 0 Å². The number of rotatable bonds is 3. The number of aromatic carboxylic acids is 1. The molecule has 0 spiro atoms. The largest absolute Gasteiger partial charge is 0.478 e. The molecule has 0 atom stereocenters. The molecule has 1 heterocycles. The second-order valence-corrected chi connectivity index (χ2v) is 6.35. The molecule has 0 radical (unpaired) electrons. The number of hydrogen-bond acceptors (Lipinski definition) is 3. The second kappa shape index (κ2) is 7.49. The van der Waals surface area contributed by atoms with Gasteiger partial charge in [0.1, 0.15) is 0 Å². The SMILES string of the molecule is CN1CCCN(C(=O)c2ccccc2-c2ccccc2C(=O)O)CC1. The Balaban J connectivity index is 1.99. The molecule has 0 saturated carbocycles. The lowest BCUT2D eigenvalue weighted by Gasteiger charge is -2.22. The van der Waals surface area contributed by atoms with Crippen LogP contribution in [0.5, 0.6) is 0 Å². The summed E-state index contributed by atoms with van der Waals surface area (Å²) in [6.07, 6.45) is 0.941. The first-order valence-corrected chi connectivity index (χ1v) is 8.47. The summed E-state index contributed by atoms with van der Waals surface area (Å²) >= 11 is 0. The number of amides is 1. The quantitative estimate of drug-likeness (QED) is 0.935. The van der Waals surface area contributed by atoms with Gasteiger partial charge in [-0.15, -0.1) is 0 Å². The lowest BCUT2D eigenvalue weighted by Crippen LogP contribution is -2.34. The van der Waals surface area contributed by atoms with E-state index in [1.54, 1.807) is 30.3 Å². The van der Waals surface area contributed by atoms with E-state index in [0.29, 0.717) is 23.2 Å². The fourth-order valence-electron chi connectivity index (χ4n) is 3.23. The number of likely N-dealkylation sites (N-methyl/N-ethyl adjacent to an activating group) is 1. The fourth-order valence-corrected chi connectivity index (χ4v) is 3.23. The van der Waals surface area contributed by atoms with Gasteiger partial charge in [-0.3, -0.25) is 4.79 Å². The van der Waals surface area contributed by atoms with Crippen molar-refractivity contribution < 1.29 is 14.7 Å². The molecule has 0 bridgehead atoms. The van der Waals surface area contributed by atoms with E-state index in [9.17, 15) is 14.7 Å². The van der Waals surface area contributed by atoms with E-state index in [4.69, 9.17) is 0 Å². The minimum atomic E-state index is -0.991. The van der Waals surface area contributed by atoms with Crippen LogP contribution in [0.1, 0.15) is 27.1 Å². The van der Waals surface area contributed by atoms with Crippen LogP contribution >= 0.6 is 0 Å². The molecule has 0 unspecified atom stereocenters. The number of hydrogen-bond donors (Lipinski definition) is 1. The standard InChI is InChI=1S/C20H22N2O3/c1-21-11-6-12-22(14-13-21)19(23)17-9-4-2-7-15(17)16-8-3-5-10-18(16)20(24)25/h2-5,7-10H,6,11-14H2,1H3,(H,24,25). The van der Waals surface area contributed by atoms with Crippen LogP contribution in [0.15, 0.2) is 48.5 Å². The molecule has 25 heavy (non-hydrogen) atoms. The second-order valence-electron chi connectivity index (χ2n) is 6.35. The monoisotopic (exact) mass is 338 g/mol. The van der Waals surface area contributed by atoms with Gasteiger partial charge in [-0.1, -0.05) is 36.4 Å². The summed E-state index contributed by atoms with van der Waals surface area (Å²) in [6.45, 7) is 3.23. The zero-order valence-electron chi connectivity index (χ0n) is 14.3. The van der Waals surface area contributed by atoms with Crippen molar-refractivity contribution >= 4 is 11.9 Å². The van der Waals surface area contributed by atoms with Crippen molar-refractivity contribution in [2.45, 2.75) is 6.42 Å². The van der Waals surface area contributed by atoms with E-state index in [1.807, 2.05) is 23.1 Å². The number of benzene rings is 2. The van der Waals surface area contributed by atoms with Gasteiger partial charge in [0, 0.05) is 25.2 Å². The molecule has 1 aliphatic heterocycles. The van der Waals surface area contributed by atoms with Gasteiger partial charge in [0.05, 0.1) is 5.56 Å². The van der Waals surface area contributed by atoms with Gasteiger partial charge in [-0.25, -0.2) is 4.79 Å². The highest BCUT2D eigenvalue weighted by atomic mass is 16.4. The molecule has 0 aromatic heterocycles. The molecule has 130 valence electrons. The highest BCUT2D eigenvalue weighted by Gasteiger charge is 2.23. The Morgan fingerprint density at radius 3 is 2.12 bits per heavy atom. The number of carboxylic acids is 1. The first-order chi connectivity index (χ1) is 12.1. The van der Waals surface area contributed by atoms with E-state index in [0.717, 1.165) is 26.1 Å². The Bertz CT molecular complexity index is 788. The van der Waals surface area contributed by atoms with Crippen LogP contribution in [0.3, 0.4) is 0 Å². The highest BCUT2D eigenvalue weighted by molar-refractivity contribution is 6.04. The van der Waals surface area contributed by atoms with Crippen LogP contribution in [-0.2, 0) is 0 Å². The maximum Gasteiger partial charge on any atom is 0.336 e. The van der Waals surface area contributed by atoms with Gasteiger partial charge >= 0.3 is 5.97 Å². The Morgan fingerprint density at radius 2 is 1.44 bits per heavy atom. The maximum atomic E-state index is 13.1. The highest BCUT2D eigenvalue weighted by Crippen LogP contribution is 2.28. The van der Waals surface area contributed by atoms with Crippen LogP contribution in [-0.4, -0.2) is 60.0 Å².